The van der Waals surface area contributed by atoms with Crippen molar-refractivity contribution in [3.63, 3.8) is 0 Å². The predicted molar refractivity (Wildman–Crippen MR) is 111 cm³/mol. The topological polar surface area (TPSA) is 44.7 Å². The molecule has 2 aromatic carbocycles. The van der Waals surface area contributed by atoms with E-state index in [4.69, 9.17) is 0 Å². The summed E-state index contributed by atoms with van der Waals surface area (Å²) in [7, 11) is 0. The summed E-state index contributed by atoms with van der Waals surface area (Å²) >= 11 is 0. The van der Waals surface area contributed by atoms with Crippen molar-refractivity contribution >= 4 is 11.7 Å². The van der Waals surface area contributed by atoms with Crippen LogP contribution in [0.1, 0.15) is 54.4 Å². The Bertz CT molecular complexity index is 907. The van der Waals surface area contributed by atoms with Gasteiger partial charge in [-0.05, 0) is 37.0 Å². The lowest BCUT2D eigenvalue weighted by Crippen LogP contribution is -2.36. The highest BCUT2D eigenvalue weighted by Gasteiger charge is 2.34. The van der Waals surface area contributed by atoms with Gasteiger partial charge in [0, 0.05) is 18.2 Å². The van der Waals surface area contributed by atoms with Crippen LogP contribution in [0, 0.1) is 6.92 Å². The number of nitrogens with zero attached hydrogens (tertiary/aromatic N) is 2. The van der Waals surface area contributed by atoms with Crippen molar-refractivity contribution in [3.8, 4) is 0 Å². The summed E-state index contributed by atoms with van der Waals surface area (Å²) in [5.41, 5.74) is 2.47. The molecule has 1 unspecified atom stereocenters. The van der Waals surface area contributed by atoms with Crippen molar-refractivity contribution < 1.29 is 18.0 Å². The van der Waals surface area contributed by atoms with Crippen LogP contribution in [0.15, 0.2) is 53.6 Å². The molecule has 7 heteroatoms. The lowest BCUT2D eigenvalue weighted by atomic mass is 9.91. The molecule has 160 valence electrons. The molecular weight excluding hydrogens is 391 g/mol. The number of aryl methyl sites for hydroxylation is 1. The van der Waals surface area contributed by atoms with Crippen LogP contribution in [-0.2, 0) is 12.7 Å². The maximum absolute atomic E-state index is 13.2. The minimum Gasteiger partial charge on any atom is -0.332 e. The zero-order valence-electron chi connectivity index (χ0n) is 17.2. The van der Waals surface area contributed by atoms with Gasteiger partial charge in [0.1, 0.15) is 0 Å². The van der Waals surface area contributed by atoms with E-state index in [9.17, 15) is 18.0 Å². The summed E-state index contributed by atoms with van der Waals surface area (Å²) in [6, 6.07) is 12.9. The lowest BCUT2D eigenvalue weighted by Gasteiger charge is -2.17. The molecule has 0 aromatic heterocycles. The van der Waals surface area contributed by atoms with Gasteiger partial charge in [-0.25, -0.2) is 9.80 Å². The highest BCUT2D eigenvalue weighted by molar-refractivity contribution is 5.94. The molecule has 2 aromatic rings. The van der Waals surface area contributed by atoms with Gasteiger partial charge in [-0.2, -0.15) is 18.3 Å². The van der Waals surface area contributed by atoms with E-state index in [1.54, 1.807) is 0 Å². The number of halogens is 3. The minimum absolute atomic E-state index is 0.00496. The van der Waals surface area contributed by atoms with Gasteiger partial charge in [-0.3, -0.25) is 0 Å². The number of hydrogen-bond donors (Lipinski definition) is 1. The third-order valence-corrected chi connectivity index (χ3v) is 5.26. The summed E-state index contributed by atoms with van der Waals surface area (Å²) in [6.07, 6.45) is -1.69. The summed E-state index contributed by atoms with van der Waals surface area (Å²) in [4.78, 5) is 12.7. The number of hydrazone groups is 1. The van der Waals surface area contributed by atoms with Crippen molar-refractivity contribution in [3.05, 3.63) is 70.8 Å². The first-order chi connectivity index (χ1) is 14.3. The summed E-state index contributed by atoms with van der Waals surface area (Å²) < 4.78 is 39.5. The third-order valence-electron chi connectivity index (χ3n) is 5.26. The molecule has 0 radical (unpaired) electrons. The Morgan fingerprint density at radius 1 is 1.17 bits per heavy atom. The van der Waals surface area contributed by atoms with Crippen LogP contribution >= 0.6 is 0 Å². The molecule has 0 bridgehead atoms. The van der Waals surface area contributed by atoms with Crippen LogP contribution < -0.4 is 5.32 Å². The Morgan fingerprint density at radius 2 is 1.87 bits per heavy atom. The Balaban J connectivity index is 1.72. The molecule has 1 aliphatic heterocycles. The predicted octanol–water partition coefficient (Wildman–Crippen LogP) is 5.87. The van der Waals surface area contributed by atoms with E-state index in [1.807, 2.05) is 31.2 Å². The highest BCUT2D eigenvalue weighted by atomic mass is 19.4. The van der Waals surface area contributed by atoms with E-state index in [-0.39, 0.29) is 18.0 Å². The maximum atomic E-state index is 13.2. The summed E-state index contributed by atoms with van der Waals surface area (Å²) in [5.74, 6) is 0.00496. The second-order valence-electron chi connectivity index (χ2n) is 7.55. The molecule has 0 saturated heterocycles. The fourth-order valence-corrected chi connectivity index (χ4v) is 3.56. The number of rotatable bonds is 6. The summed E-state index contributed by atoms with van der Waals surface area (Å²) in [5, 5.41) is 8.43. The van der Waals surface area contributed by atoms with Crippen LogP contribution in [-0.4, -0.2) is 23.3 Å². The number of amides is 2. The van der Waals surface area contributed by atoms with Gasteiger partial charge in [0.15, 0.2) is 0 Å². The third kappa shape index (κ3) is 5.20. The van der Waals surface area contributed by atoms with Gasteiger partial charge in [0.2, 0.25) is 0 Å². The van der Waals surface area contributed by atoms with Crippen molar-refractivity contribution in [2.24, 2.45) is 5.10 Å². The Hall–Kier alpha value is -2.83. The number of hydrogen-bond acceptors (Lipinski definition) is 2. The fraction of sp³-hybridized carbons (Fsp3) is 0.391. The van der Waals surface area contributed by atoms with Crippen molar-refractivity contribution in [2.45, 2.75) is 51.7 Å². The Labute approximate surface area is 174 Å². The number of unbranched alkanes of at least 4 members (excludes halogenated alkanes) is 1. The number of nitrogens with one attached hydrogen (secondary N) is 1. The fourth-order valence-electron chi connectivity index (χ4n) is 3.56. The number of carbonyl (C=O) groups excluding carboxylic acids is 1. The van der Waals surface area contributed by atoms with Gasteiger partial charge < -0.3 is 5.32 Å². The quantitative estimate of drug-likeness (QED) is 0.628. The van der Waals surface area contributed by atoms with Crippen LogP contribution in [0.4, 0.5) is 18.0 Å². The van der Waals surface area contributed by atoms with E-state index < -0.39 is 17.8 Å². The lowest BCUT2D eigenvalue weighted by molar-refractivity contribution is -0.138. The molecule has 1 aliphatic rings. The zero-order valence-corrected chi connectivity index (χ0v) is 17.2. The minimum atomic E-state index is -4.46. The smallest absolute Gasteiger partial charge is 0.332 e. The standard InChI is InChI=1S/C23H26F3N3O/c1-3-4-9-21-19(17-12-10-16(2)11-13-17)15-29(28-21)22(30)27-14-18-7-5-6-8-20(18)23(24,25)26/h5-8,10-13,19H,3-4,9,14-15H2,1-2H3,(H,27,30). The van der Waals surface area contributed by atoms with E-state index in [1.165, 1.54) is 23.2 Å². The van der Waals surface area contributed by atoms with E-state index in [0.29, 0.717) is 6.54 Å². The normalized spacial score (nSPS) is 16.5. The molecule has 0 aliphatic carbocycles. The Kier molecular flexibility index (Phi) is 6.80. The van der Waals surface area contributed by atoms with Gasteiger partial charge in [-0.1, -0.05) is 61.4 Å². The molecular formula is C23H26F3N3O. The maximum Gasteiger partial charge on any atom is 0.416 e. The average Bonchev–Trinajstić information content (AvgIpc) is 3.15. The SMILES string of the molecule is CCCCC1=NN(C(=O)NCc2ccccc2C(F)(F)F)CC1c1ccc(C)cc1. The number of urea groups is 1. The average molecular weight is 417 g/mol. The molecule has 2 amide bonds. The van der Waals surface area contributed by atoms with Crippen molar-refractivity contribution in [1.29, 1.82) is 0 Å². The molecule has 0 saturated carbocycles. The van der Waals surface area contributed by atoms with E-state index in [2.05, 4.69) is 17.3 Å². The van der Waals surface area contributed by atoms with Gasteiger partial charge >= 0.3 is 12.2 Å². The molecule has 0 fully saturated rings. The molecule has 3 rings (SSSR count). The number of alkyl halides is 3. The highest BCUT2D eigenvalue weighted by Crippen LogP contribution is 2.32. The van der Waals surface area contributed by atoms with E-state index >= 15 is 0 Å². The second-order valence-corrected chi connectivity index (χ2v) is 7.55. The molecule has 30 heavy (non-hydrogen) atoms. The summed E-state index contributed by atoms with van der Waals surface area (Å²) in [6.45, 7) is 4.29. The molecule has 1 atom stereocenters. The first-order valence-corrected chi connectivity index (χ1v) is 10.1. The van der Waals surface area contributed by atoms with Crippen LogP contribution in [0.25, 0.3) is 0 Å². The van der Waals surface area contributed by atoms with Crippen molar-refractivity contribution in [1.82, 2.24) is 10.3 Å². The second kappa shape index (κ2) is 9.32. The number of carbonyl (C=O) groups is 1. The van der Waals surface area contributed by atoms with E-state index in [0.717, 1.165) is 42.2 Å². The molecule has 4 nitrogen and oxygen atoms in total. The molecule has 1 heterocycles. The van der Waals surface area contributed by atoms with Crippen LogP contribution in [0.2, 0.25) is 0 Å². The monoisotopic (exact) mass is 417 g/mol. The van der Waals surface area contributed by atoms with Gasteiger partial charge in [-0.15, -0.1) is 0 Å². The van der Waals surface area contributed by atoms with Crippen LogP contribution in [0.5, 0.6) is 0 Å². The first-order valence-electron chi connectivity index (χ1n) is 10.1. The van der Waals surface area contributed by atoms with Crippen LogP contribution in [0.3, 0.4) is 0 Å². The van der Waals surface area contributed by atoms with Gasteiger partial charge in [0.25, 0.3) is 0 Å². The van der Waals surface area contributed by atoms with Gasteiger partial charge in [0.05, 0.1) is 12.1 Å². The number of benzene rings is 2. The zero-order chi connectivity index (χ0) is 21.7. The first kappa shape index (κ1) is 21.9. The molecule has 0 spiro atoms. The van der Waals surface area contributed by atoms with Crippen molar-refractivity contribution in [2.75, 3.05) is 6.54 Å². The Morgan fingerprint density at radius 3 is 2.53 bits per heavy atom. The molecule has 1 N–H and O–H groups in total. The largest absolute Gasteiger partial charge is 0.416 e.